The molecule has 1 N–H and O–H groups in total. The fourth-order valence-corrected chi connectivity index (χ4v) is 3.06. The molecule has 120 valence electrons. The van der Waals surface area contributed by atoms with Gasteiger partial charge in [-0.2, -0.15) is 5.10 Å². The van der Waals surface area contributed by atoms with Crippen LogP contribution in [0.15, 0.2) is 23.3 Å². The molecule has 1 aliphatic rings. The van der Waals surface area contributed by atoms with Gasteiger partial charge in [0.15, 0.2) is 0 Å². The lowest BCUT2D eigenvalue weighted by Crippen LogP contribution is -2.27. The topological polar surface area (TPSA) is 41.5 Å². The smallest absolute Gasteiger partial charge is 0.267 e. The largest absolute Gasteiger partial charge is 0.271 e. The quantitative estimate of drug-likeness (QED) is 0.727. The van der Waals surface area contributed by atoms with Crippen molar-refractivity contribution in [3.63, 3.8) is 0 Å². The Kier molecular flexibility index (Phi) is 5.51. The Bertz CT molecular complexity index is 581. The van der Waals surface area contributed by atoms with Crippen LogP contribution in [0.5, 0.6) is 0 Å². The molecule has 0 spiro atoms. The molecular formula is C17H22Cl2N2O. The van der Waals surface area contributed by atoms with Gasteiger partial charge in [0.1, 0.15) is 0 Å². The van der Waals surface area contributed by atoms with Gasteiger partial charge < -0.3 is 0 Å². The maximum absolute atomic E-state index is 12.1. The molecule has 1 fully saturated rings. The van der Waals surface area contributed by atoms with E-state index in [-0.39, 0.29) is 5.91 Å². The summed E-state index contributed by atoms with van der Waals surface area (Å²) < 4.78 is 0. The Hall–Kier alpha value is -1.06. The van der Waals surface area contributed by atoms with Crippen molar-refractivity contribution in [3.05, 3.63) is 33.8 Å². The number of nitrogens with one attached hydrogen (secondary N) is 1. The van der Waals surface area contributed by atoms with E-state index in [0.29, 0.717) is 21.0 Å². The van der Waals surface area contributed by atoms with E-state index in [0.717, 1.165) is 37.3 Å². The molecule has 1 aliphatic carbocycles. The Morgan fingerprint density at radius 3 is 2.36 bits per heavy atom. The highest BCUT2D eigenvalue weighted by Crippen LogP contribution is 2.36. The predicted octanol–water partition coefficient (Wildman–Crippen LogP) is 5.32. The molecule has 0 bridgehead atoms. The average Bonchev–Trinajstić information content (AvgIpc) is 2.47. The number of carbonyl (C=O) groups is 1. The van der Waals surface area contributed by atoms with Crippen molar-refractivity contribution in [2.75, 3.05) is 0 Å². The van der Waals surface area contributed by atoms with Crippen molar-refractivity contribution in [1.29, 1.82) is 0 Å². The van der Waals surface area contributed by atoms with Crippen LogP contribution in [0.25, 0.3) is 0 Å². The molecule has 5 heteroatoms. The van der Waals surface area contributed by atoms with Gasteiger partial charge in [0.2, 0.25) is 0 Å². The Morgan fingerprint density at radius 2 is 1.82 bits per heavy atom. The molecular weight excluding hydrogens is 319 g/mol. The fraction of sp³-hybridized carbons (Fsp3) is 0.529. The van der Waals surface area contributed by atoms with Gasteiger partial charge in [0.25, 0.3) is 5.91 Å². The minimum Gasteiger partial charge on any atom is -0.267 e. The molecule has 0 aliphatic heterocycles. The number of halogens is 2. The van der Waals surface area contributed by atoms with Gasteiger partial charge in [-0.25, -0.2) is 5.43 Å². The summed E-state index contributed by atoms with van der Waals surface area (Å²) in [5.74, 6) is 0.459. The zero-order valence-electron chi connectivity index (χ0n) is 13.2. The first kappa shape index (κ1) is 17.3. The maximum atomic E-state index is 12.1. The van der Waals surface area contributed by atoms with E-state index in [1.54, 1.807) is 18.2 Å². The summed E-state index contributed by atoms with van der Waals surface area (Å²) in [6, 6.07) is 4.80. The monoisotopic (exact) mass is 340 g/mol. The Morgan fingerprint density at radius 1 is 1.18 bits per heavy atom. The lowest BCUT2D eigenvalue weighted by Gasteiger charge is -2.34. The number of hydrazone groups is 1. The summed E-state index contributed by atoms with van der Waals surface area (Å²) in [6.07, 6.45) is 4.16. The van der Waals surface area contributed by atoms with E-state index in [1.165, 1.54) is 0 Å². The lowest BCUT2D eigenvalue weighted by atomic mass is 9.72. The second-order valence-corrected chi connectivity index (χ2v) is 7.70. The summed E-state index contributed by atoms with van der Waals surface area (Å²) in [5.41, 5.74) is 4.48. The second-order valence-electron chi connectivity index (χ2n) is 6.89. The second kappa shape index (κ2) is 7.01. The van der Waals surface area contributed by atoms with Crippen LogP contribution in [0.2, 0.25) is 10.0 Å². The van der Waals surface area contributed by atoms with E-state index in [9.17, 15) is 4.79 Å². The molecule has 2 rings (SSSR count). The van der Waals surface area contributed by atoms with Crippen LogP contribution in [0.3, 0.4) is 0 Å². The van der Waals surface area contributed by atoms with Crippen molar-refractivity contribution in [1.82, 2.24) is 5.43 Å². The van der Waals surface area contributed by atoms with Crippen LogP contribution < -0.4 is 5.43 Å². The molecule has 1 aromatic carbocycles. The number of hydrogen-bond acceptors (Lipinski definition) is 2. The highest BCUT2D eigenvalue weighted by molar-refractivity contribution is 6.42. The van der Waals surface area contributed by atoms with Gasteiger partial charge in [-0.05, 0) is 55.2 Å². The minimum absolute atomic E-state index is 0.260. The van der Waals surface area contributed by atoms with Crippen LogP contribution in [-0.2, 0) is 0 Å². The van der Waals surface area contributed by atoms with Gasteiger partial charge in [-0.15, -0.1) is 0 Å². The molecule has 1 saturated carbocycles. The first-order valence-corrected chi connectivity index (χ1v) is 8.34. The van der Waals surface area contributed by atoms with Gasteiger partial charge in [-0.3, -0.25) is 4.79 Å². The molecule has 0 unspecified atom stereocenters. The standard InChI is InChI=1S/C17H22Cl2N2O/c1-17(2,3)12-5-7-13(8-6-12)20-21-16(22)11-4-9-14(18)15(19)10-11/h4,9-10,12H,5-8H2,1-3H3,(H,21,22). The summed E-state index contributed by atoms with van der Waals surface area (Å²) >= 11 is 11.8. The number of benzene rings is 1. The molecule has 3 nitrogen and oxygen atoms in total. The van der Waals surface area contributed by atoms with Crippen molar-refractivity contribution in [2.45, 2.75) is 46.5 Å². The van der Waals surface area contributed by atoms with Gasteiger partial charge in [0, 0.05) is 11.3 Å². The third kappa shape index (κ3) is 4.47. The van der Waals surface area contributed by atoms with Crippen LogP contribution >= 0.6 is 23.2 Å². The average molecular weight is 341 g/mol. The van der Waals surface area contributed by atoms with Gasteiger partial charge in [0.05, 0.1) is 10.0 Å². The van der Waals surface area contributed by atoms with Crippen LogP contribution in [0, 0.1) is 11.3 Å². The SMILES string of the molecule is CC(C)(C)C1CCC(=NNC(=O)c2ccc(Cl)c(Cl)c2)CC1. The zero-order valence-corrected chi connectivity index (χ0v) is 14.8. The number of rotatable bonds is 2. The summed E-state index contributed by atoms with van der Waals surface area (Å²) in [4.78, 5) is 12.1. The lowest BCUT2D eigenvalue weighted by molar-refractivity contribution is 0.0954. The van der Waals surface area contributed by atoms with E-state index < -0.39 is 0 Å². The summed E-state index contributed by atoms with van der Waals surface area (Å²) in [7, 11) is 0. The van der Waals surface area contributed by atoms with Crippen molar-refractivity contribution in [3.8, 4) is 0 Å². The molecule has 0 heterocycles. The summed E-state index contributed by atoms with van der Waals surface area (Å²) in [6.45, 7) is 6.85. The Balaban J connectivity index is 1.92. The number of carbonyl (C=O) groups excluding carboxylic acids is 1. The van der Waals surface area contributed by atoms with Crippen molar-refractivity contribution < 1.29 is 4.79 Å². The van der Waals surface area contributed by atoms with Crippen LogP contribution in [0.4, 0.5) is 0 Å². The maximum Gasteiger partial charge on any atom is 0.271 e. The number of amides is 1. The molecule has 0 aromatic heterocycles. The molecule has 0 saturated heterocycles. The Labute approximate surface area is 142 Å². The first-order valence-electron chi connectivity index (χ1n) is 7.58. The third-order valence-corrected chi connectivity index (χ3v) is 5.02. The van der Waals surface area contributed by atoms with Gasteiger partial charge >= 0.3 is 0 Å². The van der Waals surface area contributed by atoms with E-state index in [4.69, 9.17) is 23.2 Å². The first-order chi connectivity index (χ1) is 10.3. The zero-order chi connectivity index (χ0) is 16.3. The predicted molar refractivity (Wildman–Crippen MR) is 92.8 cm³/mol. The van der Waals surface area contributed by atoms with E-state index in [2.05, 4.69) is 31.3 Å². The summed E-state index contributed by atoms with van der Waals surface area (Å²) in [5, 5.41) is 5.07. The third-order valence-electron chi connectivity index (χ3n) is 4.28. The molecule has 0 atom stereocenters. The minimum atomic E-state index is -0.260. The number of hydrogen-bond donors (Lipinski definition) is 1. The van der Waals surface area contributed by atoms with Crippen molar-refractivity contribution >= 4 is 34.8 Å². The number of nitrogens with zero attached hydrogens (tertiary/aromatic N) is 1. The van der Waals surface area contributed by atoms with Gasteiger partial charge in [-0.1, -0.05) is 44.0 Å². The normalized spacial score (nSPS) is 19.0. The molecule has 1 aromatic rings. The van der Waals surface area contributed by atoms with E-state index in [1.807, 2.05) is 0 Å². The van der Waals surface area contributed by atoms with Crippen LogP contribution in [0.1, 0.15) is 56.8 Å². The molecule has 22 heavy (non-hydrogen) atoms. The fourth-order valence-electron chi connectivity index (χ4n) is 2.76. The molecule has 0 radical (unpaired) electrons. The van der Waals surface area contributed by atoms with Crippen molar-refractivity contribution in [2.24, 2.45) is 16.4 Å². The highest BCUT2D eigenvalue weighted by atomic mass is 35.5. The molecule has 1 amide bonds. The highest BCUT2D eigenvalue weighted by Gasteiger charge is 2.28. The van der Waals surface area contributed by atoms with E-state index >= 15 is 0 Å². The van der Waals surface area contributed by atoms with Crippen LogP contribution in [-0.4, -0.2) is 11.6 Å².